The smallest absolute Gasteiger partial charge is 0.133 e. The van der Waals surface area contributed by atoms with E-state index in [-0.39, 0.29) is 0 Å². The third-order valence-corrected chi connectivity index (χ3v) is 3.59. The number of alkyl halides is 1. The predicted octanol–water partition coefficient (Wildman–Crippen LogP) is 4.61. The SMILES string of the molecule is ClCc1ccc(I)c(OCc2ccccc2)c1. The first kappa shape index (κ1) is 12.7. The minimum atomic E-state index is 0.513. The fourth-order valence-electron chi connectivity index (χ4n) is 1.48. The van der Waals surface area contributed by atoms with E-state index in [9.17, 15) is 0 Å². The molecule has 0 saturated carbocycles. The molecular weight excluding hydrogens is 347 g/mol. The maximum atomic E-state index is 5.81. The summed E-state index contributed by atoms with van der Waals surface area (Å²) >= 11 is 8.08. The highest BCUT2D eigenvalue weighted by Gasteiger charge is 2.02. The van der Waals surface area contributed by atoms with E-state index in [1.165, 1.54) is 5.56 Å². The van der Waals surface area contributed by atoms with Gasteiger partial charge in [0.1, 0.15) is 12.4 Å². The molecule has 17 heavy (non-hydrogen) atoms. The summed E-state index contributed by atoms with van der Waals surface area (Å²) in [5, 5.41) is 0. The van der Waals surface area contributed by atoms with Crippen molar-refractivity contribution in [2.75, 3.05) is 0 Å². The Labute approximate surface area is 120 Å². The van der Waals surface area contributed by atoms with Crippen LogP contribution in [0.4, 0.5) is 0 Å². The molecule has 0 heterocycles. The maximum absolute atomic E-state index is 5.81. The Bertz CT molecular complexity index is 485. The third-order valence-electron chi connectivity index (χ3n) is 2.39. The van der Waals surface area contributed by atoms with Crippen molar-refractivity contribution in [3.05, 3.63) is 63.2 Å². The molecule has 0 aliphatic rings. The second-order valence-corrected chi connectivity index (χ2v) is 5.10. The molecule has 2 aromatic carbocycles. The van der Waals surface area contributed by atoms with Gasteiger partial charge in [0.05, 0.1) is 3.57 Å². The Hall–Kier alpha value is -0.740. The molecule has 0 fully saturated rings. The van der Waals surface area contributed by atoms with E-state index in [2.05, 4.69) is 34.7 Å². The summed E-state index contributed by atoms with van der Waals surface area (Å²) in [5.74, 6) is 1.41. The number of hydrogen-bond acceptors (Lipinski definition) is 1. The summed E-state index contributed by atoms with van der Waals surface area (Å²) in [5.41, 5.74) is 2.25. The topological polar surface area (TPSA) is 9.23 Å². The minimum Gasteiger partial charge on any atom is -0.488 e. The van der Waals surface area contributed by atoms with Crippen LogP contribution in [0, 0.1) is 3.57 Å². The zero-order chi connectivity index (χ0) is 12.1. The number of rotatable bonds is 4. The van der Waals surface area contributed by atoms with Crippen LogP contribution >= 0.6 is 34.2 Å². The first-order chi connectivity index (χ1) is 8.29. The van der Waals surface area contributed by atoms with E-state index in [0.29, 0.717) is 12.5 Å². The molecule has 0 spiro atoms. The standard InChI is InChI=1S/C14H12ClIO/c15-9-12-6-7-13(16)14(8-12)17-10-11-4-2-1-3-5-11/h1-8H,9-10H2. The van der Waals surface area contributed by atoms with Gasteiger partial charge in [-0.25, -0.2) is 0 Å². The Morgan fingerprint density at radius 3 is 2.47 bits per heavy atom. The van der Waals surface area contributed by atoms with E-state index < -0.39 is 0 Å². The molecule has 0 N–H and O–H groups in total. The summed E-state index contributed by atoms with van der Waals surface area (Å²) in [4.78, 5) is 0. The number of halogens is 2. The van der Waals surface area contributed by atoms with Crippen LogP contribution in [-0.2, 0) is 12.5 Å². The molecule has 3 heteroatoms. The van der Waals surface area contributed by atoms with E-state index in [4.69, 9.17) is 16.3 Å². The molecule has 0 aliphatic heterocycles. The summed E-state index contributed by atoms with van der Waals surface area (Å²) in [6.45, 7) is 0.586. The third kappa shape index (κ3) is 3.61. The van der Waals surface area contributed by atoms with Crippen molar-refractivity contribution in [1.29, 1.82) is 0 Å². The van der Waals surface area contributed by atoms with Gasteiger partial charge >= 0.3 is 0 Å². The molecule has 0 aliphatic carbocycles. The summed E-state index contributed by atoms with van der Waals surface area (Å²) in [7, 11) is 0. The summed E-state index contributed by atoms with van der Waals surface area (Å²) in [6.07, 6.45) is 0. The molecule has 0 atom stereocenters. The molecule has 2 rings (SSSR count). The van der Waals surface area contributed by atoms with Crippen molar-refractivity contribution in [3.63, 3.8) is 0 Å². The zero-order valence-corrected chi connectivity index (χ0v) is 12.1. The van der Waals surface area contributed by atoms with Gasteiger partial charge in [-0.3, -0.25) is 0 Å². The predicted molar refractivity (Wildman–Crippen MR) is 79.5 cm³/mol. The minimum absolute atomic E-state index is 0.513. The van der Waals surface area contributed by atoms with Crippen molar-refractivity contribution in [3.8, 4) is 5.75 Å². The van der Waals surface area contributed by atoms with Crippen molar-refractivity contribution < 1.29 is 4.74 Å². The van der Waals surface area contributed by atoms with Gasteiger partial charge in [-0.2, -0.15) is 0 Å². The van der Waals surface area contributed by atoms with E-state index in [1.807, 2.05) is 36.4 Å². The van der Waals surface area contributed by atoms with Crippen LogP contribution in [0.25, 0.3) is 0 Å². The van der Waals surface area contributed by atoms with Gasteiger partial charge in [-0.15, -0.1) is 11.6 Å². The van der Waals surface area contributed by atoms with Crippen molar-refractivity contribution in [2.45, 2.75) is 12.5 Å². The van der Waals surface area contributed by atoms with Crippen molar-refractivity contribution in [2.24, 2.45) is 0 Å². The molecular formula is C14H12ClIO. The zero-order valence-electron chi connectivity index (χ0n) is 9.20. The Morgan fingerprint density at radius 1 is 1.00 bits per heavy atom. The molecule has 0 unspecified atom stereocenters. The second kappa shape index (κ2) is 6.26. The fraction of sp³-hybridized carbons (Fsp3) is 0.143. The van der Waals surface area contributed by atoms with E-state index in [1.54, 1.807) is 0 Å². The molecule has 0 bridgehead atoms. The quantitative estimate of drug-likeness (QED) is 0.573. The highest BCUT2D eigenvalue weighted by atomic mass is 127. The van der Waals surface area contributed by atoms with Crippen molar-refractivity contribution in [1.82, 2.24) is 0 Å². The van der Waals surface area contributed by atoms with Gasteiger partial charge in [0.2, 0.25) is 0 Å². The molecule has 88 valence electrons. The number of hydrogen-bond donors (Lipinski definition) is 0. The van der Waals surface area contributed by atoms with Gasteiger partial charge in [0, 0.05) is 5.88 Å². The lowest BCUT2D eigenvalue weighted by Gasteiger charge is -2.09. The molecule has 0 amide bonds. The van der Waals surface area contributed by atoms with Gasteiger partial charge in [-0.1, -0.05) is 36.4 Å². The molecule has 0 aromatic heterocycles. The van der Waals surface area contributed by atoms with Gasteiger partial charge < -0.3 is 4.74 Å². The van der Waals surface area contributed by atoms with Crippen LogP contribution in [0.5, 0.6) is 5.75 Å². The monoisotopic (exact) mass is 358 g/mol. The number of ether oxygens (including phenoxy) is 1. The Kier molecular flexibility index (Phi) is 4.68. The molecule has 0 radical (unpaired) electrons. The van der Waals surface area contributed by atoms with Crippen LogP contribution in [-0.4, -0.2) is 0 Å². The first-order valence-corrected chi connectivity index (χ1v) is 6.92. The lowest BCUT2D eigenvalue weighted by Crippen LogP contribution is -1.97. The Balaban J connectivity index is 2.08. The average molecular weight is 359 g/mol. The molecule has 1 nitrogen and oxygen atoms in total. The van der Waals surface area contributed by atoms with Crippen LogP contribution in [0.15, 0.2) is 48.5 Å². The van der Waals surface area contributed by atoms with Crippen LogP contribution < -0.4 is 4.74 Å². The Morgan fingerprint density at radius 2 is 1.76 bits per heavy atom. The highest BCUT2D eigenvalue weighted by molar-refractivity contribution is 14.1. The van der Waals surface area contributed by atoms with Gasteiger partial charge in [-0.05, 0) is 45.9 Å². The van der Waals surface area contributed by atoms with Crippen LogP contribution in [0.1, 0.15) is 11.1 Å². The van der Waals surface area contributed by atoms with E-state index >= 15 is 0 Å². The maximum Gasteiger partial charge on any atom is 0.133 e. The lowest BCUT2D eigenvalue weighted by atomic mass is 10.2. The highest BCUT2D eigenvalue weighted by Crippen LogP contribution is 2.24. The molecule has 2 aromatic rings. The average Bonchev–Trinajstić information content (AvgIpc) is 2.39. The second-order valence-electron chi connectivity index (χ2n) is 3.67. The van der Waals surface area contributed by atoms with Gasteiger partial charge in [0.25, 0.3) is 0 Å². The number of benzene rings is 2. The summed E-state index contributed by atoms with van der Waals surface area (Å²) in [6, 6.07) is 16.2. The van der Waals surface area contributed by atoms with Crippen LogP contribution in [0.2, 0.25) is 0 Å². The molecule has 0 saturated heterocycles. The van der Waals surface area contributed by atoms with Crippen LogP contribution in [0.3, 0.4) is 0 Å². The first-order valence-electron chi connectivity index (χ1n) is 5.30. The van der Waals surface area contributed by atoms with Crippen molar-refractivity contribution >= 4 is 34.2 Å². The normalized spacial score (nSPS) is 10.2. The lowest BCUT2D eigenvalue weighted by molar-refractivity contribution is 0.304. The van der Waals surface area contributed by atoms with E-state index in [0.717, 1.165) is 14.9 Å². The summed E-state index contributed by atoms with van der Waals surface area (Å²) < 4.78 is 6.90. The fourth-order valence-corrected chi connectivity index (χ4v) is 2.13. The largest absolute Gasteiger partial charge is 0.488 e. The van der Waals surface area contributed by atoms with Gasteiger partial charge in [0.15, 0.2) is 0 Å².